The number of hydrogen-bond donors (Lipinski definition) is 0. The molecule has 0 saturated carbocycles. The second-order valence-corrected chi connectivity index (χ2v) is 8.55. The van der Waals surface area contributed by atoms with E-state index in [1.165, 1.54) is 0 Å². The van der Waals surface area contributed by atoms with Crippen LogP contribution in [0.5, 0.6) is 0 Å². The molecule has 0 amide bonds. The SMILES string of the molecule is Cc1ccc(C)c(-n2c3nc4ccccc4nc3c3c(=O)n(CC4CCCO4)cnc32)c1. The van der Waals surface area contributed by atoms with Crippen LogP contribution in [0.3, 0.4) is 0 Å². The molecule has 1 unspecified atom stereocenters. The molecule has 0 spiro atoms. The Morgan fingerprint density at radius 1 is 1.06 bits per heavy atom. The van der Waals surface area contributed by atoms with Crippen LogP contribution in [-0.2, 0) is 11.3 Å². The first kappa shape index (κ1) is 19.1. The Hall–Kier alpha value is -3.58. The van der Waals surface area contributed by atoms with Crippen LogP contribution in [0.2, 0.25) is 0 Å². The van der Waals surface area contributed by atoms with E-state index in [-0.39, 0.29) is 11.7 Å². The minimum atomic E-state index is -0.107. The van der Waals surface area contributed by atoms with Gasteiger partial charge in [0.1, 0.15) is 17.2 Å². The topological polar surface area (TPSA) is 74.8 Å². The minimum Gasteiger partial charge on any atom is -0.376 e. The molecular formula is C25H23N5O2. The van der Waals surface area contributed by atoms with E-state index >= 15 is 0 Å². The molecule has 3 aromatic heterocycles. The van der Waals surface area contributed by atoms with Crippen LogP contribution >= 0.6 is 0 Å². The second kappa shape index (κ2) is 7.24. The highest BCUT2D eigenvalue weighted by atomic mass is 16.5. The number of aryl methyl sites for hydroxylation is 2. The van der Waals surface area contributed by atoms with E-state index in [0.29, 0.717) is 28.7 Å². The van der Waals surface area contributed by atoms with E-state index in [4.69, 9.17) is 19.7 Å². The molecule has 6 rings (SSSR count). The van der Waals surface area contributed by atoms with Gasteiger partial charge >= 0.3 is 0 Å². The molecule has 160 valence electrons. The summed E-state index contributed by atoms with van der Waals surface area (Å²) in [6, 6.07) is 14.0. The van der Waals surface area contributed by atoms with Gasteiger partial charge in [0.25, 0.3) is 5.56 Å². The number of fused-ring (bicyclic) bond motifs is 4. The highest BCUT2D eigenvalue weighted by Crippen LogP contribution is 2.30. The van der Waals surface area contributed by atoms with E-state index in [1.807, 2.05) is 28.8 Å². The maximum absolute atomic E-state index is 13.6. The third-order valence-corrected chi connectivity index (χ3v) is 6.26. The molecule has 32 heavy (non-hydrogen) atoms. The lowest BCUT2D eigenvalue weighted by molar-refractivity contribution is 0.0960. The average molecular weight is 425 g/mol. The Kier molecular flexibility index (Phi) is 4.33. The standard InChI is InChI=1S/C25H23N5O2/c1-15-9-10-16(2)20(12-15)30-23-21(22-24(30)28-19-8-4-3-7-18(19)27-22)25(31)29(14-26-23)13-17-6-5-11-32-17/h3-4,7-10,12,14,17H,5-6,11,13H2,1-2H3. The van der Waals surface area contributed by atoms with Crippen molar-refractivity contribution < 1.29 is 4.74 Å². The molecule has 1 aliphatic heterocycles. The Balaban J connectivity index is 1.71. The molecule has 0 N–H and O–H groups in total. The van der Waals surface area contributed by atoms with Gasteiger partial charge in [0.2, 0.25) is 0 Å². The third kappa shape index (κ3) is 2.92. The summed E-state index contributed by atoms with van der Waals surface area (Å²) >= 11 is 0. The van der Waals surface area contributed by atoms with Gasteiger partial charge in [-0.3, -0.25) is 13.9 Å². The van der Waals surface area contributed by atoms with Gasteiger partial charge in [-0.15, -0.1) is 0 Å². The van der Waals surface area contributed by atoms with Crippen molar-refractivity contribution in [1.29, 1.82) is 0 Å². The maximum atomic E-state index is 13.6. The lowest BCUT2D eigenvalue weighted by atomic mass is 10.1. The summed E-state index contributed by atoms with van der Waals surface area (Å²) in [6.45, 7) is 5.36. The van der Waals surface area contributed by atoms with Crippen molar-refractivity contribution in [3.05, 3.63) is 70.3 Å². The van der Waals surface area contributed by atoms with Crippen molar-refractivity contribution in [1.82, 2.24) is 24.1 Å². The zero-order valence-corrected chi connectivity index (χ0v) is 18.1. The molecule has 1 atom stereocenters. The predicted molar refractivity (Wildman–Crippen MR) is 124 cm³/mol. The van der Waals surface area contributed by atoms with Gasteiger partial charge in [-0.2, -0.15) is 0 Å². The van der Waals surface area contributed by atoms with Crippen LogP contribution in [0.4, 0.5) is 0 Å². The molecule has 0 aliphatic carbocycles. The molecule has 1 fully saturated rings. The number of hydrogen-bond acceptors (Lipinski definition) is 5. The van der Waals surface area contributed by atoms with Gasteiger partial charge < -0.3 is 4.74 Å². The maximum Gasteiger partial charge on any atom is 0.265 e. The fraction of sp³-hybridized carbons (Fsp3) is 0.280. The summed E-state index contributed by atoms with van der Waals surface area (Å²) in [5.74, 6) is 0. The Morgan fingerprint density at radius 2 is 1.88 bits per heavy atom. The normalized spacial score (nSPS) is 16.5. The molecule has 0 radical (unpaired) electrons. The molecule has 4 heterocycles. The first-order valence-corrected chi connectivity index (χ1v) is 11.0. The number of benzene rings is 2. The quantitative estimate of drug-likeness (QED) is 0.435. The summed E-state index contributed by atoms with van der Waals surface area (Å²) in [7, 11) is 0. The number of aromatic nitrogens is 5. The average Bonchev–Trinajstić information content (AvgIpc) is 3.42. The fourth-order valence-electron chi connectivity index (χ4n) is 4.60. The number of para-hydroxylation sites is 2. The van der Waals surface area contributed by atoms with Crippen molar-refractivity contribution in [3.8, 4) is 5.69 Å². The summed E-state index contributed by atoms with van der Waals surface area (Å²) in [6.07, 6.45) is 3.66. The van der Waals surface area contributed by atoms with Crippen LogP contribution in [0.25, 0.3) is 38.9 Å². The van der Waals surface area contributed by atoms with Crippen molar-refractivity contribution in [2.24, 2.45) is 0 Å². The Morgan fingerprint density at radius 3 is 2.66 bits per heavy atom. The van der Waals surface area contributed by atoms with Gasteiger partial charge in [0.15, 0.2) is 11.3 Å². The first-order valence-electron chi connectivity index (χ1n) is 11.0. The highest BCUT2D eigenvalue weighted by Gasteiger charge is 2.23. The van der Waals surface area contributed by atoms with Gasteiger partial charge in [-0.1, -0.05) is 24.3 Å². The first-order chi connectivity index (χ1) is 15.6. The molecule has 1 saturated heterocycles. The summed E-state index contributed by atoms with van der Waals surface area (Å²) in [5, 5.41) is 0.500. The fourth-order valence-corrected chi connectivity index (χ4v) is 4.60. The van der Waals surface area contributed by atoms with Crippen molar-refractivity contribution >= 4 is 33.2 Å². The van der Waals surface area contributed by atoms with Gasteiger partial charge in [0.05, 0.1) is 29.4 Å². The molecular weight excluding hydrogens is 402 g/mol. The van der Waals surface area contributed by atoms with Crippen molar-refractivity contribution in [3.63, 3.8) is 0 Å². The van der Waals surface area contributed by atoms with E-state index < -0.39 is 0 Å². The molecule has 7 nitrogen and oxygen atoms in total. The number of nitrogens with zero attached hydrogens (tertiary/aromatic N) is 5. The van der Waals surface area contributed by atoms with E-state index in [2.05, 4.69) is 32.0 Å². The summed E-state index contributed by atoms with van der Waals surface area (Å²) < 4.78 is 9.38. The molecule has 1 aliphatic rings. The zero-order chi connectivity index (χ0) is 21.8. The highest BCUT2D eigenvalue weighted by molar-refractivity contribution is 6.05. The lowest BCUT2D eigenvalue weighted by Gasteiger charge is -2.12. The molecule has 2 aromatic carbocycles. The number of rotatable bonds is 3. The van der Waals surface area contributed by atoms with Gasteiger partial charge in [0, 0.05) is 6.61 Å². The van der Waals surface area contributed by atoms with E-state index in [0.717, 1.165) is 47.3 Å². The third-order valence-electron chi connectivity index (χ3n) is 6.26. The second-order valence-electron chi connectivity index (χ2n) is 8.55. The monoisotopic (exact) mass is 425 g/mol. The smallest absolute Gasteiger partial charge is 0.265 e. The van der Waals surface area contributed by atoms with Crippen molar-refractivity contribution in [2.45, 2.75) is 39.3 Å². The van der Waals surface area contributed by atoms with Crippen LogP contribution < -0.4 is 5.56 Å². The summed E-state index contributed by atoms with van der Waals surface area (Å²) in [4.78, 5) is 28.2. The minimum absolute atomic E-state index is 0.0474. The van der Waals surface area contributed by atoms with Crippen LogP contribution in [-0.4, -0.2) is 36.8 Å². The largest absolute Gasteiger partial charge is 0.376 e. The predicted octanol–water partition coefficient (Wildman–Crippen LogP) is 4.08. The Bertz CT molecular complexity index is 1560. The van der Waals surface area contributed by atoms with Gasteiger partial charge in [-0.05, 0) is 56.0 Å². The Labute approximate surface area is 184 Å². The molecule has 7 heteroatoms. The molecule has 5 aromatic rings. The summed E-state index contributed by atoms with van der Waals surface area (Å²) in [5.41, 5.74) is 6.41. The van der Waals surface area contributed by atoms with Crippen LogP contribution in [0.1, 0.15) is 24.0 Å². The van der Waals surface area contributed by atoms with Crippen molar-refractivity contribution in [2.75, 3.05) is 6.61 Å². The zero-order valence-electron chi connectivity index (χ0n) is 18.1. The number of ether oxygens (including phenoxy) is 1. The van der Waals surface area contributed by atoms with Gasteiger partial charge in [-0.25, -0.2) is 15.0 Å². The van der Waals surface area contributed by atoms with E-state index in [9.17, 15) is 4.79 Å². The molecule has 0 bridgehead atoms. The van der Waals surface area contributed by atoms with Crippen LogP contribution in [0.15, 0.2) is 53.6 Å². The lowest BCUT2D eigenvalue weighted by Crippen LogP contribution is -2.26. The van der Waals surface area contributed by atoms with E-state index in [1.54, 1.807) is 10.9 Å². The van der Waals surface area contributed by atoms with Crippen LogP contribution in [0, 0.1) is 13.8 Å².